The van der Waals surface area contributed by atoms with Gasteiger partial charge >= 0.3 is 0 Å². The Bertz CT molecular complexity index is 673. The molecule has 0 aliphatic carbocycles. The van der Waals surface area contributed by atoms with Gasteiger partial charge in [0, 0.05) is 18.4 Å². The summed E-state index contributed by atoms with van der Waals surface area (Å²) in [5.74, 6) is -2.30. The maximum Gasteiger partial charge on any atom is 0.184 e. The summed E-state index contributed by atoms with van der Waals surface area (Å²) in [7, 11) is 0. The van der Waals surface area contributed by atoms with Crippen molar-refractivity contribution in [1.82, 2.24) is 0 Å². The van der Waals surface area contributed by atoms with Crippen LogP contribution in [0.15, 0.2) is 0 Å². The second kappa shape index (κ2) is 17.5. The van der Waals surface area contributed by atoms with Gasteiger partial charge in [-0.15, -0.1) is 0 Å². The third-order valence-corrected chi connectivity index (χ3v) is 7.06. The van der Waals surface area contributed by atoms with Crippen molar-refractivity contribution in [2.75, 3.05) is 33.0 Å². The zero-order valence-corrected chi connectivity index (χ0v) is 23.8. The van der Waals surface area contributed by atoms with Gasteiger partial charge in [-0.3, -0.25) is 0 Å². The molecule has 0 aromatic heterocycles. The van der Waals surface area contributed by atoms with Crippen molar-refractivity contribution in [3.8, 4) is 0 Å². The van der Waals surface area contributed by atoms with Gasteiger partial charge < -0.3 is 75.9 Å². The Kier molecular flexibility index (Phi) is 17.2. The van der Waals surface area contributed by atoms with Crippen molar-refractivity contribution in [3.05, 3.63) is 0 Å². The Morgan fingerprint density at radius 2 is 1.32 bits per heavy atom. The topological polar surface area (TPSA) is 281 Å². The first kappa shape index (κ1) is 39.4. The molecule has 15 nitrogen and oxygen atoms in total. The van der Waals surface area contributed by atoms with Crippen LogP contribution in [0.4, 0.5) is 0 Å². The van der Waals surface area contributed by atoms with Crippen LogP contribution in [0.5, 0.6) is 0 Å². The van der Waals surface area contributed by atoms with E-state index in [2.05, 4.69) is 0 Å². The average Bonchev–Trinajstić information content (AvgIpc) is 2.87. The Labute approximate surface area is 234 Å². The molecule has 12 unspecified atom stereocenters. The van der Waals surface area contributed by atoms with Crippen molar-refractivity contribution in [2.45, 2.75) is 107 Å². The van der Waals surface area contributed by atoms with E-state index in [-0.39, 0.29) is 25.6 Å². The van der Waals surface area contributed by atoms with Gasteiger partial charge in [0.1, 0.15) is 18.3 Å². The molecular formula is C25H52O15. The molecule has 1 heterocycles. The molecule has 40 heavy (non-hydrogen) atoms. The molecule has 1 aliphatic rings. The van der Waals surface area contributed by atoms with E-state index >= 15 is 0 Å². The molecule has 1 fully saturated rings. The fourth-order valence-corrected chi connectivity index (χ4v) is 4.76. The molecule has 0 aromatic carbocycles. The molecule has 1 aliphatic heterocycles. The van der Waals surface area contributed by atoms with Gasteiger partial charge in [0.25, 0.3) is 0 Å². The lowest BCUT2D eigenvalue weighted by Crippen LogP contribution is -2.60. The summed E-state index contributed by atoms with van der Waals surface area (Å²) < 4.78 is 10.8. The summed E-state index contributed by atoms with van der Waals surface area (Å²) in [5, 5.41) is 124. The summed E-state index contributed by atoms with van der Waals surface area (Å²) in [6, 6.07) is 0. The van der Waals surface area contributed by atoms with E-state index in [9.17, 15) is 51.1 Å². The Hall–Kier alpha value is -0.600. The zero-order valence-electron chi connectivity index (χ0n) is 23.8. The predicted molar refractivity (Wildman–Crippen MR) is 138 cm³/mol. The second-order valence-corrected chi connectivity index (χ2v) is 11.5. The van der Waals surface area contributed by atoms with E-state index < -0.39 is 98.0 Å². The van der Waals surface area contributed by atoms with E-state index in [4.69, 9.17) is 24.8 Å². The van der Waals surface area contributed by atoms with Crippen molar-refractivity contribution in [3.63, 3.8) is 0 Å². The van der Waals surface area contributed by atoms with Crippen LogP contribution in [0.1, 0.15) is 41.0 Å². The molecule has 1 rings (SSSR count). The van der Waals surface area contributed by atoms with Crippen LogP contribution in [0, 0.1) is 17.8 Å². The first-order chi connectivity index (χ1) is 18.3. The van der Waals surface area contributed by atoms with Crippen molar-refractivity contribution in [2.24, 2.45) is 17.8 Å². The second-order valence-electron chi connectivity index (χ2n) is 11.5. The first-order valence-electron chi connectivity index (χ1n) is 13.2. The van der Waals surface area contributed by atoms with Gasteiger partial charge in [0.2, 0.25) is 0 Å². The van der Waals surface area contributed by atoms with E-state index in [0.717, 1.165) is 0 Å². The molecule has 0 amide bonds. The highest BCUT2D eigenvalue weighted by Crippen LogP contribution is 2.35. The Balaban J connectivity index is 0.000000868. The van der Waals surface area contributed by atoms with Crippen molar-refractivity contribution < 1.29 is 75.9 Å². The smallest absolute Gasteiger partial charge is 0.184 e. The third kappa shape index (κ3) is 11.6. The fourth-order valence-electron chi connectivity index (χ4n) is 4.76. The lowest BCUT2D eigenvalue weighted by Gasteiger charge is -2.46. The van der Waals surface area contributed by atoms with Crippen LogP contribution in [0.25, 0.3) is 0 Å². The number of rotatable bonds is 15. The molecule has 0 saturated carbocycles. The third-order valence-electron chi connectivity index (χ3n) is 7.06. The minimum Gasteiger partial charge on any atom is -0.396 e. The number of aliphatic hydroxyl groups is 13. The van der Waals surface area contributed by atoms with Gasteiger partial charge in [0.15, 0.2) is 6.29 Å². The van der Waals surface area contributed by atoms with Crippen molar-refractivity contribution >= 4 is 0 Å². The van der Waals surface area contributed by atoms with Gasteiger partial charge in [-0.05, 0) is 40.0 Å². The van der Waals surface area contributed by atoms with E-state index in [0.29, 0.717) is 0 Å². The normalized spacial score (nSPS) is 28.4. The van der Waals surface area contributed by atoms with Gasteiger partial charge in [-0.1, -0.05) is 6.92 Å². The molecule has 0 spiro atoms. The van der Waals surface area contributed by atoms with Crippen LogP contribution in [-0.2, 0) is 9.47 Å². The monoisotopic (exact) mass is 592 g/mol. The van der Waals surface area contributed by atoms with E-state index in [1.807, 2.05) is 0 Å². The Morgan fingerprint density at radius 1 is 0.800 bits per heavy atom. The summed E-state index contributed by atoms with van der Waals surface area (Å²) in [5.41, 5.74) is -2.78. The fraction of sp³-hybridized carbons (Fsp3) is 1.00. The van der Waals surface area contributed by atoms with Crippen LogP contribution >= 0.6 is 0 Å². The highest BCUT2D eigenvalue weighted by Gasteiger charge is 2.49. The van der Waals surface area contributed by atoms with E-state index in [1.165, 1.54) is 27.7 Å². The molecule has 12 atom stereocenters. The molecule has 0 bridgehead atoms. The van der Waals surface area contributed by atoms with Crippen LogP contribution in [0.2, 0.25) is 0 Å². The van der Waals surface area contributed by atoms with E-state index in [1.54, 1.807) is 6.92 Å². The largest absolute Gasteiger partial charge is 0.396 e. The number of aliphatic hydroxyl groups excluding tert-OH is 12. The van der Waals surface area contributed by atoms with Crippen molar-refractivity contribution in [1.29, 1.82) is 0 Å². The quantitative estimate of drug-likeness (QED) is 0.0793. The molecular weight excluding hydrogens is 540 g/mol. The number of hydrogen-bond donors (Lipinski definition) is 13. The van der Waals surface area contributed by atoms with Crippen LogP contribution in [-0.4, -0.2) is 166 Å². The van der Waals surface area contributed by atoms with Gasteiger partial charge in [0.05, 0.1) is 68.1 Å². The SMILES string of the molecule is CC(C)(O)C(C(O)CO)C(O)C(O)CO.CC(CO)CC(O)C(O)C(O)OC(C)(C)C1C(CO)OCC(O)C1O. The van der Waals surface area contributed by atoms with Crippen LogP contribution in [0.3, 0.4) is 0 Å². The highest BCUT2D eigenvalue weighted by atomic mass is 16.6. The number of ether oxygens (including phenoxy) is 2. The summed E-state index contributed by atoms with van der Waals surface area (Å²) in [6.07, 6.45) is -12.3. The molecule has 1 saturated heterocycles. The maximum absolute atomic E-state index is 10.2. The lowest BCUT2D eigenvalue weighted by atomic mass is 9.78. The molecule has 0 radical (unpaired) electrons. The van der Waals surface area contributed by atoms with Gasteiger partial charge in [-0.2, -0.15) is 0 Å². The summed E-state index contributed by atoms with van der Waals surface area (Å²) in [6.45, 7) is 5.32. The average molecular weight is 593 g/mol. The lowest BCUT2D eigenvalue weighted by molar-refractivity contribution is -0.282. The minimum atomic E-state index is -1.78. The molecule has 242 valence electrons. The summed E-state index contributed by atoms with van der Waals surface area (Å²) >= 11 is 0. The molecule has 13 N–H and O–H groups in total. The first-order valence-corrected chi connectivity index (χ1v) is 13.2. The highest BCUT2D eigenvalue weighted by molar-refractivity contribution is 4.96. The van der Waals surface area contributed by atoms with Crippen LogP contribution < -0.4 is 0 Å². The molecule has 0 aromatic rings. The number of hydrogen-bond acceptors (Lipinski definition) is 15. The predicted octanol–water partition coefficient (Wildman–Crippen LogP) is -4.99. The van der Waals surface area contributed by atoms with Gasteiger partial charge in [-0.25, -0.2) is 0 Å². The zero-order chi connectivity index (χ0) is 31.6. The molecule has 15 heteroatoms. The standard InChI is InChI=1S/C16H32O9.C9H20O6/c1-8(5-17)4-9(19)14(22)15(23)25-16(2,3)12-11(6-18)24-7-10(20)13(12)21;1-9(2,15)7(5(12)3-10)8(14)6(13)4-11/h8-15,17-23H,4-7H2,1-3H3;5-8,10-15H,3-4H2,1-2H3. The Morgan fingerprint density at radius 3 is 1.75 bits per heavy atom. The summed E-state index contributed by atoms with van der Waals surface area (Å²) in [4.78, 5) is 0. The maximum atomic E-state index is 10.2. The minimum absolute atomic E-state index is 0.0612.